The highest BCUT2D eigenvalue weighted by atomic mass is 16.5. The summed E-state index contributed by atoms with van der Waals surface area (Å²) in [4.78, 5) is 42.7. The van der Waals surface area contributed by atoms with E-state index in [9.17, 15) is 19.5 Å². The van der Waals surface area contributed by atoms with Crippen LogP contribution in [0.5, 0.6) is 0 Å². The maximum atomic E-state index is 14.2. The van der Waals surface area contributed by atoms with Crippen LogP contribution in [0.1, 0.15) is 80.4 Å². The third kappa shape index (κ3) is 6.11. The Morgan fingerprint density at radius 3 is 2.45 bits per heavy atom. The van der Waals surface area contributed by atoms with E-state index in [1.54, 1.807) is 31.4 Å². The number of anilines is 1. The lowest BCUT2D eigenvalue weighted by molar-refractivity contribution is -0.139. The molecule has 0 aromatic heterocycles. The molecular formula is C33H44N4O5. The Labute approximate surface area is 248 Å². The Morgan fingerprint density at radius 1 is 1.05 bits per heavy atom. The summed E-state index contributed by atoms with van der Waals surface area (Å²) in [5.74, 6) is -0.0654. The summed E-state index contributed by atoms with van der Waals surface area (Å²) < 4.78 is 5.53. The minimum absolute atomic E-state index is 0.000566. The van der Waals surface area contributed by atoms with Crippen molar-refractivity contribution in [3.8, 4) is 0 Å². The largest absolute Gasteiger partial charge is 0.465 e. The van der Waals surface area contributed by atoms with Crippen molar-refractivity contribution < 1.29 is 24.2 Å². The summed E-state index contributed by atoms with van der Waals surface area (Å²) >= 11 is 0. The fourth-order valence-electron chi connectivity index (χ4n) is 7.02. The highest BCUT2D eigenvalue weighted by molar-refractivity contribution is 5.95. The van der Waals surface area contributed by atoms with Gasteiger partial charge in [0.2, 0.25) is 5.91 Å². The number of para-hydroxylation sites is 1. The topological polar surface area (TPSA) is 111 Å². The molecule has 9 nitrogen and oxygen atoms in total. The van der Waals surface area contributed by atoms with E-state index in [2.05, 4.69) is 27.7 Å². The maximum Gasteiger partial charge on any atom is 0.408 e. The average molecular weight is 577 g/mol. The summed E-state index contributed by atoms with van der Waals surface area (Å²) in [5.41, 5.74) is 2.99. The predicted octanol–water partition coefficient (Wildman–Crippen LogP) is 5.28. The first-order valence-electron chi connectivity index (χ1n) is 15.1. The number of hydrogen-bond donors (Lipinski definition) is 3. The molecule has 9 heteroatoms. The van der Waals surface area contributed by atoms with Crippen molar-refractivity contribution in [2.75, 3.05) is 25.6 Å². The van der Waals surface area contributed by atoms with E-state index in [1.807, 2.05) is 32.9 Å². The monoisotopic (exact) mass is 576 g/mol. The third-order valence-corrected chi connectivity index (χ3v) is 9.21. The minimum atomic E-state index is -0.983. The van der Waals surface area contributed by atoms with Gasteiger partial charge in [-0.3, -0.25) is 14.5 Å². The molecule has 3 aliphatic rings. The molecule has 0 spiro atoms. The Morgan fingerprint density at radius 2 is 1.76 bits per heavy atom. The molecule has 3 N–H and O–H groups in total. The molecular weight excluding hydrogens is 532 g/mol. The number of nitrogens with zero attached hydrogens (tertiary/aromatic N) is 2. The molecule has 5 atom stereocenters. The SMILES string of the molecule is COC[C@@H]1Nc2ccccc2[C@H]2[C@H]1CCN2C(=O)[C@H]1CCCC[C@H]1NC(=O)c1ccc(CN(C(=O)O)C(C)(C)C)cc1. The van der Waals surface area contributed by atoms with Gasteiger partial charge in [-0.1, -0.05) is 43.2 Å². The first-order chi connectivity index (χ1) is 20.1. The number of ether oxygens (including phenoxy) is 1. The smallest absolute Gasteiger partial charge is 0.408 e. The number of benzene rings is 2. The van der Waals surface area contributed by atoms with E-state index in [-0.39, 0.29) is 48.3 Å². The van der Waals surface area contributed by atoms with Gasteiger partial charge in [0.1, 0.15) is 0 Å². The molecule has 0 bridgehead atoms. The molecule has 0 unspecified atom stereocenters. The Bertz CT molecular complexity index is 1290. The lowest BCUT2D eigenvalue weighted by Crippen LogP contribution is -2.50. The minimum Gasteiger partial charge on any atom is -0.465 e. The van der Waals surface area contributed by atoms with Gasteiger partial charge in [-0.15, -0.1) is 0 Å². The predicted molar refractivity (Wildman–Crippen MR) is 161 cm³/mol. The molecule has 3 amide bonds. The number of methoxy groups -OCH3 is 1. The molecule has 2 aliphatic heterocycles. The fourth-order valence-corrected chi connectivity index (χ4v) is 7.02. The molecule has 2 fully saturated rings. The summed E-state index contributed by atoms with van der Waals surface area (Å²) in [6.07, 6.45) is 3.40. The lowest BCUT2D eigenvalue weighted by atomic mass is 9.81. The Balaban J connectivity index is 1.29. The molecule has 5 rings (SSSR count). The highest BCUT2D eigenvalue weighted by Crippen LogP contribution is 2.47. The second-order valence-corrected chi connectivity index (χ2v) is 12.9. The first-order valence-corrected chi connectivity index (χ1v) is 15.1. The third-order valence-electron chi connectivity index (χ3n) is 9.21. The molecule has 1 saturated carbocycles. The van der Waals surface area contributed by atoms with E-state index in [1.165, 1.54) is 4.90 Å². The van der Waals surface area contributed by atoms with E-state index in [0.29, 0.717) is 18.7 Å². The van der Waals surface area contributed by atoms with Crippen LogP contribution in [0.25, 0.3) is 0 Å². The van der Waals surface area contributed by atoms with Gasteiger partial charge in [-0.25, -0.2) is 4.79 Å². The van der Waals surface area contributed by atoms with Gasteiger partial charge >= 0.3 is 6.09 Å². The summed E-state index contributed by atoms with van der Waals surface area (Å²) in [6, 6.07) is 15.2. The van der Waals surface area contributed by atoms with Gasteiger partial charge in [-0.2, -0.15) is 0 Å². The molecule has 42 heavy (non-hydrogen) atoms. The Kier molecular flexibility index (Phi) is 8.78. The molecule has 2 heterocycles. The van der Waals surface area contributed by atoms with Crippen molar-refractivity contribution in [3.05, 3.63) is 65.2 Å². The molecule has 0 radical (unpaired) electrons. The van der Waals surface area contributed by atoms with Crippen molar-refractivity contribution in [3.63, 3.8) is 0 Å². The second-order valence-electron chi connectivity index (χ2n) is 12.9. The normalized spacial score (nSPS) is 25.1. The van der Waals surface area contributed by atoms with Gasteiger partial charge in [0, 0.05) is 48.9 Å². The van der Waals surface area contributed by atoms with Crippen LogP contribution < -0.4 is 10.6 Å². The van der Waals surface area contributed by atoms with Gasteiger partial charge in [0.15, 0.2) is 0 Å². The van der Waals surface area contributed by atoms with Crippen LogP contribution in [0.4, 0.5) is 10.5 Å². The lowest BCUT2D eigenvalue weighted by Gasteiger charge is -2.41. The number of hydrogen-bond acceptors (Lipinski definition) is 5. The average Bonchev–Trinajstić information content (AvgIpc) is 3.41. The van der Waals surface area contributed by atoms with Gasteiger partial charge in [0.05, 0.1) is 24.6 Å². The number of amides is 3. The number of carboxylic acid groups (broad SMARTS) is 1. The highest BCUT2D eigenvalue weighted by Gasteiger charge is 2.48. The molecule has 2 aromatic carbocycles. The van der Waals surface area contributed by atoms with E-state index >= 15 is 0 Å². The van der Waals surface area contributed by atoms with Crippen molar-refractivity contribution >= 4 is 23.6 Å². The maximum absolute atomic E-state index is 14.2. The number of carbonyl (C=O) groups excluding carboxylic acids is 2. The zero-order valence-corrected chi connectivity index (χ0v) is 25.1. The van der Waals surface area contributed by atoms with Gasteiger partial charge < -0.3 is 25.4 Å². The van der Waals surface area contributed by atoms with Crippen LogP contribution in [0, 0.1) is 11.8 Å². The molecule has 2 aromatic rings. The quantitative estimate of drug-likeness (QED) is 0.413. The summed E-state index contributed by atoms with van der Waals surface area (Å²) in [5, 5.41) is 16.4. The molecule has 1 aliphatic carbocycles. The number of fused-ring (bicyclic) bond motifs is 3. The van der Waals surface area contributed by atoms with Crippen LogP contribution in [0.15, 0.2) is 48.5 Å². The number of carbonyl (C=O) groups is 3. The second kappa shape index (κ2) is 12.3. The van der Waals surface area contributed by atoms with Crippen LogP contribution in [-0.2, 0) is 16.1 Å². The van der Waals surface area contributed by atoms with Gasteiger partial charge in [0.25, 0.3) is 5.91 Å². The van der Waals surface area contributed by atoms with Crippen LogP contribution >= 0.6 is 0 Å². The number of likely N-dealkylation sites (tertiary alicyclic amines) is 1. The summed E-state index contributed by atoms with van der Waals surface area (Å²) in [6.45, 7) is 7.09. The number of nitrogens with one attached hydrogen (secondary N) is 2. The van der Waals surface area contributed by atoms with Crippen LogP contribution in [0.2, 0.25) is 0 Å². The fraction of sp³-hybridized carbons (Fsp3) is 0.545. The zero-order valence-electron chi connectivity index (χ0n) is 25.1. The van der Waals surface area contributed by atoms with Crippen molar-refractivity contribution in [2.24, 2.45) is 11.8 Å². The van der Waals surface area contributed by atoms with E-state index < -0.39 is 11.6 Å². The Hall–Kier alpha value is -3.59. The van der Waals surface area contributed by atoms with Crippen LogP contribution in [0.3, 0.4) is 0 Å². The van der Waals surface area contributed by atoms with Crippen molar-refractivity contribution in [1.29, 1.82) is 0 Å². The zero-order chi connectivity index (χ0) is 30.0. The van der Waals surface area contributed by atoms with Gasteiger partial charge in [-0.05, 0) is 69.4 Å². The van der Waals surface area contributed by atoms with E-state index in [4.69, 9.17) is 4.74 Å². The standard InChI is InChI=1S/C33H44N4O5/c1-33(2,3)37(32(40)41)19-21-13-15-22(16-14-21)30(38)35-27-12-8-6-10-25(27)31(39)36-18-17-24-28(20-42-4)34-26-11-7-5-9-23(26)29(24)36/h5,7,9,11,13-16,24-25,27-29,34H,6,8,10,12,17-20H2,1-4H3,(H,35,38)(H,40,41)/t24-,25-,27+,28-,29-/m0/s1. The van der Waals surface area contributed by atoms with Crippen LogP contribution in [-0.4, -0.2) is 70.7 Å². The van der Waals surface area contributed by atoms with E-state index in [0.717, 1.165) is 48.9 Å². The first kappa shape index (κ1) is 29.9. The molecule has 226 valence electrons. The van der Waals surface area contributed by atoms with Crippen molar-refractivity contribution in [2.45, 2.75) is 83.1 Å². The molecule has 1 saturated heterocycles. The number of rotatable bonds is 7. The van der Waals surface area contributed by atoms with Crippen molar-refractivity contribution in [1.82, 2.24) is 15.1 Å². The summed E-state index contributed by atoms with van der Waals surface area (Å²) in [7, 11) is 1.72.